The largest absolute Gasteiger partial charge is 2.00 e. The zero-order valence-electron chi connectivity index (χ0n) is 7.84. The Morgan fingerprint density at radius 3 is 2.13 bits per heavy atom. The summed E-state index contributed by atoms with van der Waals surface area (Å²) in [6.45, 7) is 1.36. The molecule has 15 heavy (non-hydrogen) atoms. The van der Waals surface area contributed by atoms with Crippen LogP contribution in [0.3, 0.4) is 0 Å². The molecule has 0 atom stereocenters. The first-order valence-corrected chi connectivity index (χ1v) is 3.56. The maximum Gasteiger partial charge on any atom is 2.00 e. The van der Waals surface area contributed by atoms with Crippen LogP contribution in [0.2, 0.25) is 0 Å². The second kappa shape index (κ2) is 5.47. The van der Waals surface area contributed by atoms with Crippen LogP contribution >= 0.6 is 0 Å². The fraction of sp³-hybridized carbons (Fsp3) is 0.143. The van der Waals surface area contributed by atoms with E-state index < -0.39 is 27.0 Å². The molecule has 1 aromatic rings. The van der Waals surface area contributed by atoms with Crippen LogP contribution < -0.4 is 0 Å². The maximum atomic E-state index is 10.4. The Morgan fingerprint density at radius 1 is 1.20 bits per heavy atom. The molecule has 0 aliphatic heterocycles. The molecule has 74 valence electrons. The van der Waals surface area contributed by atoms with Gasteiger partial charge in [0, 0.05) is 11.6 Å². The van der Waals surface area contributed by atoms with Crippen LogP contribution in [0.15, 0.2) is 12.1 Å². The topological polar surface area (TPSA) is 107 Å². The summed E-state index contributed by atoms with van der Waals surface area (Å²) in [6.07, 6.45) is 0. The second-order valence-electron chi connectivity index (χ2n) is 2.64. The number of benzene rings is 1. The smallest absolute Gasteiger partial charge is 0.502 e. The van der Waals surface area contributed by atoms with Crippen molar-refractivity contribution in [2.24, 2.45) is 0 Å². The Labute approximate surface area is 124 Å². The fourth-order valence-corrected chi connectivity index (χ4v) is 0.987. The number of aryl methyl sites for hydroxylation is 1. The molecule has 1 N–H and O–H groups in total. The van der Waals surface area contributed by atoms with Gasteiger partial charge in [0.2, 0.25) is 0 Å². The summed E-state index contributed by atoms with van der Waals surface area (Å²) in [5.74, 6) is -0.541. The predicted octanol–water partition coefficient (Wildman–Crippen LogP) is 1.14. The molecule has 0 amide bonds. The van der Waals surface area contributed by atoms with Crippen molar-refractivity contribution in [3.8, 4) is 5.75 Å². The van der Waals surface area contributed by atoms with Crippen molar-refractivity contribution >= 4 is 60.3 Å². The molecule has 0 aliphatic rings. The van der Waals surface area contributed by atoms with Crippen molar-refractivity contribution in [3.05, 3.63) is 37.9 Å². The van der Waals surface area contributed by atoms with Gasteiger partial charge < -0.3 is 5.11 Å². The van der Waals surface area contributed by atoms with E-state index in [-0.39, 0.29) is 54.4 Å². The SMILES string of the molecule is Cc1cc([N+](=O)[O-])cc([N+](=O)[O-])c1O.[Ba+2]. The van der Waals surface area contributed by atoms with Gasteiger partial charge in [0.25, 0.3) is 5.69 Å². The summed E-state index contributed by atoms with van der Waals surface area (Å²) in [6, 6.07) is 1.80. The van der Waals surface area contributed by atoms with E-state index in [4.69, 9.17) is 0 Å². The molecule has 1 aromatic carbocycles. The molecular weight excluding hydrogens is 329 g/mol. The van der Waals surface area contributed by atoms with Crippen LogP contribution in [0, 0.1) is 27.2 Å². The summed E-state index contributed by atoms with van der Waals surface area (Å²) >= 11 is 0. The Kier molecular flexibility index (Phi) is 5.25. The van der Waals surface area contributed by atoms with Gasteiger partial charge in [0.1, 0.15) is 0 Å². The minimum atomic E-state index is -0.866. The van der Waals surface area contributed by atoms with Crippen molar-refractivity contribution in [2.45, 2.75) is 6.92 Å². The number of hydrogen-bond acceptors (Lipinski definition) is 5. The van der Waals surface area contributed by atoms with E-state index in [9.17, 15) is 25.3 Å². The molecule has 0 unspecified atom stereocenters. The number of nitro benzene ring substituents is 2. The van der Waals surface area contributed by atoms with Gasteiger partial charge in [0.15, 0.2) is 5.75 Å². The maximum absolute atomic E-state index is 10.4. The average molecular weight is 335 g/mol. The number of nitrogens with zero attached hydrogens (tertiary/aromatic N) is 2. The molecule has 0 spiro atoms. The fourth-order valence-electron chi connectivity index (χ4n) is 0.987. The van der Waals surface area contributed by atoms with Crippen molar-refractivity contribution in [2.75, 3.05) is 0 Å². The van der Waals surface area contributed by atoms with Crippen LogP contribution in [0.1, 0.15) is 5.56 Å². The van der Waals surface area contributed by atoms with Crippen LogP contribution in [-0.4, -0.2) is 63.8 Å². The third kappa shape index (κ3) is 3.18. The van der Waals surface area contributed by atoms with Crippen LogP contribution in [-0.2, 0) is 0 Å². The van der Waals surface area contributed by atoms with Gasteiger partial charge >= 0.3 is 54.6 Å². The molecule has 1 rings (SSSR count). The van der Waals surface area contributed by atoms with E-state index in [2.05, 4.69) is 0 Å². The quantitative estimate of drug-likeness (QED) is 0.495. The number of phenolic OH excluding ortho intramolecular Hbond substituents is 1. The van der Waals surface area contributed by atoms with Crippen LogP contribution in [0.4, 0.5) is 11.4 Å². The number of nitro groups is 2. The molecule has 0 heterocycles. The minimum Gasteiger partial charge on any atom is -0.502 e. The van der Waals surface area contributed by atoms with Crippen LogP contribution in [0.25, 0.3) is 0 Å². The summed E-state index contributed by atoms with van der Waals surface area (Å²) < 4.78 is 0. The molecule has 0 radical (unpaired) electrons. The van der Waals surface area contributed by atoms with Crippen molar-refractivity contribution in [1.29, 1.82) is 0 Å². The molecule has 0 fully saturated rings. The van der Waals surface area contributed by atoms with Crippen molar-refractivity contribution in [3.63, 3.8) is 0 Å². The number of hydrogen-bond donors (Lipinski definition) is 1. The normalized spacial score (nSPS) is 9.13. The van der Waals surface area contributed by atoms with E-state index in [0.717, 1.165) is 12.1 Å². The summed E-state index contributed by atoms with van der Waals surface area (Å²) in [7, 11) is 0. The number of phenols is 1. The Hall–Kier alpha value is -0.609. The number of aromatic hydroxyl groups is 1. The minimum absolute atomic E-state index is 0. The average Bonchev–Trinajstić information content (AvgIpc) is 2.08. The second-order valence-corrected chi connectivity index (χ2v) is 2.64. The molecular formula is C7H6BaN2O5+2. The first kappa shape index (κ1) is 14.4. The van der Waals surface area contributed by atoms with Crippen LogP contribution in [0.5, 0.6) is 5.75 Å². The van der Waals surface area contributed by atoms with E-state index >= 15 is 0 Å². The third-order valence-electron chi connectivity index (χ3n) is 1.67. The number of non-ortho nitro benzene ring substituents is 1. The van der Waals surface area contributed by atoms with Gasteiger partial charge in [-0.15, -0.1) is 0 Å². The molecule has 0 aliphatic carbocycles. The van der Waals surface area contributed by atoms with E-state index in [0.29, 0.717) is 0 Å². The molecule has 0 saturated heterocycles. The third-order valence-corrected chi connectivity index (χ3v) is 1.67. The zero-order valence-corrected chi connectivity index (χ0v) is 12.3. The molecule has 7 nitrogen and oxygen atoms in total. The van der Waals surface area contributed by atoms with Gasteiger partial charge in [-0.3, -0.25) is 20.2 Å². The van der Waals surface area contributed by atoms with Gasteiger partial charge in [0.05, 0.1) is 15.9 Å². The summed E-state index contributed by atoms with van der Waals surface area (Å²) in [5.41, 5.74) is -0.963. The summed E-state index contributed by atoms with van der Waals surface area (Å²) in [4.78, 5) is 19.1. The Balaban J connectivity index is 0.00000196. The first-order valence-electron chi connectivity index (χ1n) is 3.56. The number of rotatable bonds is 2. The van der Waals surface area contributed by atoms with Crippen molar-refractivity contribution < 1.29 is 15.0 Å². The predicted molar refractivity (Wildman–Crippen MR) is 51.9 cm³/mol. The molecule has 0 aromatic heterocycles. The monoisotopic (exact) mass is 336 g/mol. The van der Waals surface area contributed by atoms with Gasteiger partial charge in [-0.25, -0.2) is 0 Å². The standard InChI is InChI=1S/C7H6N2O5.Ba/c1-4-2-5(8(11)12)3-6(7(4)10)9(13)14;/h2-3,10H,1H3;/q;+2. The van der Waals surface area contributed by atoms with E-state index in [1.54, 1.807) is 0 Å². The summed E-state index contributed by atoms with van der Waals surface area (Å²) in [5, 5.41) is 29.9. The van der Waals surface area contributed by atoms with E-state index in [1.807, 2.05) is 0 Å². The van der Waals surface area contributed by atoms with Gasteiger partial charge in [-0.2, -0.15) is 0 Å². The molecule has 0 bridgehead atoms. The first-order chi connectivity index (χ1) is 6.43. The Morgan fingerprint density at radius 2 is 1.73 bits per heavy atom. The zero-order chi connectivity index (χ0) is 10.9. The van der Waals surface area contributed by atoms with Gasteiger partial charge in [-0.05, 0) is 6.92 Å². The molecule has 8 heteroatoms. The van der Waals surface area contributed by atoms with Gasteiger partial charge in [-0.1, -0.05) is 0 Å². The van der Waals surface area contributed by atoms with E-state index in [1.165, 1.54) is 6.92 Å². The molecule has 0 saturated carbocycles. The Bertz CT molecular complexity index is 420. The van der Waals surface area contributed by atoms with Crippen molar-refractivity contribution in [1.82, 2.24) is 0 Å².